The molecule has 2 heterocycles. The topological polar surface area (TPSA) is 48.0 Å². The average molecular weight is 388 g/mol. The lowest BCUT2D eigenvalue weighted by Gasteiger charge is -2.52. The van der Waals surface area contributed by atoms with E-state index in [4.69, 9.17) is 14.2 Å². The first-order valence-electron chi connectivity index (χ1n) is 10.7. The van der Waals surface area contributed by atoms with Crippen LogP contribution >= 0.6 is 0 Å². The minimum atomic E-state index is -0.481. The number of carbonyl (C=O) groups excluding carboxylic acids is 1. The molecule has 1 aromatic rings. The maximum atomic E-state index is 12.9. The number of rotatable bonds is 3. The second-order valence-corrected chi connectivity index (χ2v) is 9.31. The van der Waals surface area contributed by atoms with Crippen LogP contribution in [0.4, 0.5) is 4.79 Å². The lowest BCUT2D eigenvalue weighted by molar-refractivity contribution is -0.294. The normalized spacial score (nSPS) is 26.8. The van der Waals surface area contributed by atoms with E-state index in [1.807, 2.05) is 36.9 Å². The van der Waals surface area contributed by atoms with Crippen LogP contribution in [0.1, 0.15) is 70.9 Å². The molecule has 5 heteroatoms. The molecule has 2 aliphatic heterocycles. The summed E-state index contributed by atoms with van der Waals surface area (Å²) in [5.74, 6) is -0.481. The van der Waals surface area contributed by atoms with Gasteiger partial charge in [0.1, 0.15) is 5.60 Å². The summed E-state index contributed by atoms with van der Waals surface area (Å²) in [5, 5.41) is 0. The van der Waals surface area contributed by atoms with Crippen LogP contribution in [0.15, 0.2) is 30.3 Å². The summed E-state index contributed by atoms with van der Waals surface area (Å²) in [6, 6.07) is 10.4. The number of hydrogen-bond donors (Lipinski definition) is 0. The van der Waals surface area contributed by atoms with Gasteiger partial charge in [-0.3, -0.25) is 0 Å². The third-order valence-corrected chi connectivity index (χ3v) is 6.97. The molecule has 154 valence electrons. The molecule has 0 bridgehead atoms. The van der Waals surface area contributed by atoms with Crippen molar-refractivity contribution in [2.24, 2.45) is 5.41 Å². The first-order valence-corrected chi connectivity index (χ1v) is 10.7. The van der Waals surface area contributed by atoms with Crippen molar-refractivity contribution in [2.75, 3.05) is 19.8 Å². The summed E-state index contributed by atoms with van der Waals surface area (Å²) < 4.78 is 18.0. The molecule has 1 atom stereocenters. The Bertz CT molecular complexity index is 682. The van der Waals surface area contributed by atoms with Crippen molar-refractivity contribution in [2.45, 2.75) is 76.7 Å². The Morgan fingerprint density at radius 2 is 1.64 bits per heavy atom. The predicted molar refractivity (Wildman–Crippen MR) is 107 cm³/mol. The van der Waals surface area contributed by atoms with Crippen molar-refractivity contribution in [3.05, 3.63) is 35.9 Å². The fourth-order valence-electron chi connectivity index (χ4n) is 4.92. The van der Waals surface area contributed by atoms with Gasteiger partial charge in [-0.25, -0.2) is 4.79 Å². The summed E-state index contributed by atoms with van der Waals surface area (Å²) in [6.45, 7) is 8.31. The lowest BCUT2D eigenvalue weighted by atomic mass is 9.67. The minimum Gasteiger partial charge on any atom is -0.443 e. The van der Waals surface area contributed by atoms with Crippen LogP contribution in [0, 0.1) is 5.41 Å². The number of nitrogens with zero attached hydrogens (tertiary/aromatic N) is 1. The Morgan fingerprint density at radius 3 is 2.21 bits per heavy atom. The van der Waals surface area contributed by atoms with Crippen LogP contribution in [0.2, 0.25) is 0 Å². The number of amides is 1. The van der Waals surface area contributed by atoms with Gasteiger partial charge < -0.3 is 19.1 Å². The Hall–Kier alpha value is -1.59. The molecule has 1 unspecified atom stereocenters. The van der Waals surface area contributed by atoms with Crippen LogP contribution in [0.5, 0.6) is 0 Å². The minimum absolute atomic E-state index is 0.0836. The number of benzene rings is 1. The van der Waals surface area contributed by atoms with Crippen molar-refractivity contribution in [1.82, 2.24) is 4.90 Å². The van der Waals surface area contributed by atoms with Gasteiger partial charge in [-0.15, -0.1) is 0 Å². The van der Waals surface area contributed by atoms with E-state index in [1.54, 1.807) is 0 Å². The molecule has 1 aromatic carbocycles. The molecular formula is C23H33NO4. The highest BCUT2D eigenvalue weighted by atomic mass is 16.7. The van der Waals surface area contributed by atoms with E-state index in [1.165, 1.54) is 5.56 Å². The van der Waals surface area contributed by atoms with Crippen LogP contribution in [-0.4, -0.2) is 42.1 Å². The van der Waals surface area contributed by atoms with E-state index < -0.39 is 5.79 Å². The zero-order valence-electron chi connectivity index (χ0n) is 17.4. The number of hydrogen-bond acceptors (Lipinski definition) is 4. The molecule has 1 aliphatic carbocycles. The van der Waals surface area contributed by atoms with E-state index in [2.05, 4.69) is 19.1 Å². The largest absolute Gasteiger partial charge is 0.443 e. The van der Waals surface area contributed by atoms with Gasteiger partial charge in [-0.1, -0.05) is 37.3 Å². The van der Waals surface area contributed by atoms with Crippen LogP contribution in [0.25, 0.3) is 0 Å². The van der Waals surface area contributed by atoms with E-state index in [0.717, 1.165) is 58.3 Å². The fourth-order valence-corrected chi connectivity index (χ4v) is 4.92. The SMILES string of the molecule is CCC(c1ccccc1)N1CCC2(CCC3(CC2)COC(C)(C)OC3)OC1=O. The monoisotopic (exact) mass is 387 g/mol. The van der Waals surface area contributed by atoms with E-state index in [0.29, 0.717) is 0 Å². The highest BCUT2D eigenvalue weighted by Gasteiger charge is 2.50. The molecule has 5 nitrogen and oxygen atoms in total. The molecule has 0 aromatic heterocycles. The highest BCUT2D eigenvalue weighted by Crippen LogP contribution is 2.49. The zero-order valence-corrected chi connectivity index (χ0v) is 17.4. The predicted octanol–water partition coefficient (Wildman–Crippen LogP) is 5.06. The van der Waals surface area contributed by atoms with Gasteiger partial charge in [0.2, 0.25) is 0 Å². The second-order valence-electron chi connectivity index (χ2n) is 9.31. The van der Waals surface area contributed by atoms with Crippen molar-refractivity contribution >= 4 is 6.09 Å². The standard InChI is InChI=1S/C23H33NO4/c1-4-19(18-8-6-5-7-9-18)24-15-14-23(28-20(24)25)12-10-22(11-13-23)16-26-21(2,3)27-17-22/h5-9,19H,4,10-17H2,1-3H3. The van der Waals surface area contributed by atoms with Gasteiger partial charge in [0, 0.05) is 18.4 Å². The Labute approximate surface area is 168 Å². The van der Waals surface area contributed by atoms with Crippen molar-refractivity contribution < 1.29 is 19.0 Å². The molecule has 0 radical (unpaired) electrons. The van der Waals surface area contributed by atoms with E-state index in [9.17, 15) is 4.79 Å². The summed E-state index contributed by atoms with van der Waals surface area (Å²) in [5.41, 5.74) is 0.959. The molecule has 3 fully saturated rings. The maximum absolute atomic E-state index is 12.9. The number of ether oxygens (including phenoxy) is 3. The summed E-state index contributed by atoms with van der Waals surface area (Å²) in [6.07, 6.45) is 5.43. The number of carbonyl (C=O) groups is 1. The lowest BCUT2D eigenvalue weighted by Crippen LogP contribution is -2.55. The van der Waals surface area contributed by atoms with Crippen LogP contribution < -0.4 is 0 Å². The molecule has 0 N–H and O–H groups in total. The Kier molecular flexibility index (Phi) is 5.17. The molecule has 28 heavy (non-hydrogen) atoms. The van der Waals surface area contributed by atoms with Crippen molar-refractivity contribution in [3.63, 3.8) is 0 Å². The summed E-state index contributed by atoms with van der Waals surface area (Å²) in [4.78, 5) is 14.9. The Balaban J connectivity index is 1.39. The van der Waals surface area contributed by atoms with Gasteiger partial charge in [0.15, 0.2) is 5.79 Å². The Morgan fingerprint density at radius 1 is 1.00 bits per heavy atom. The maximum Gasteiger partial charge on any atom is 0.410 e. The van der Waals surface area contributed by atoms with Crippen molar-refractivity contribution in [3.8, 4) is 0 Å². The molecule has 4 rings (SSSR count). The fraction of sp³-hybridized carbons (Fsp3) is 0.696. The smallest absolute Gasteiger partial charge is 0.410 e. The van der Waals surface area contributed by atoms with Crippen LogP contribution in [-0.2, 0) is 14.2 Å². The zero-order chi connectivity index (χ0) is 19.8. The van der Waals surface area contributed by atoms with Gasteiger partial charge in [-0.05, 0) is 51.5 Å². The van der Waals surface area contributed by atoms with E-state index in [-0.39, 0.29) is 23.2 Å². The van der Waals surface area contributed by atoms with Gasteiger partial charge in [-0.2, -0.15) is 0 Å². The van der Waals surface area contributed by atoms with Gasteiger partial charge in [0.25, 0.3) is 0 Å². The molecule has 1 amide bonds. The third-order valence-electron chi connectivity index (χ3n) is 6.97. The first-order chi connectivity index (χ1) is 13.4. The van der Waals surface area contributed by atoms with Gasteiger partial charge in [0.05, 0.1) is 19.3 Å². The van der Waals surface area contributed by atoms with Gasteiger partial charge >= 0.3 is 6.09 Å². The van der Waals surface area contributed by atoms with Crippen molar-refractivity contribution in [1.29, 1.82) is 0 Å². The molecule has 1 saturated carbocycles. The highest BCUT2D eigenvalue weighted by molar-refractivity contribution is 5.70. The summed E-state index contributed by atoms with van der Waals surface area (Å²) >= 11 is 0. The second kappa shape index (κ2) is 7.34. The average Bonchev–Trinajstić information content (AvgIpc) is 2.70. The van der Waals surface area contributed by atoms with Crippen LogP contribution in [0.3, 0.4) is 0 Å². The third kappa shape index (κ3) is 3.79. The first kappa shape index (κ1) is 19.7. The van der Waals surface area contributed by atoms with E-state index >= 15 is 0 Å². The molecule has 3 aliphatic rings. The summed E-state index contributed by atoms with van der Waals surface area (Å²) in [7, 11) is 0. The molecule has 2 saturated heterocycles. The molecule has 2 spiro atoms. The molecular weight excluding hydrogens is 354 g/mol. The quantitative estimate of drug-likeness (QED) is 0.727.